The lowest BCUT2D eigenvalue weighted by Crippen LogP contribution is -2.66. The van der Waals surface area contributed by atoms with Crippen LogP contribution in [0.15, 0.2) is 0 Å². The van der Waals surface area contributed by atoms with E-state index >= 15 is 0 Å². The van der Waals surface area contributed by atoms with E-state index in [4.69, 9.17) is 9.47 Å². The zero-order valence-electron chi connectivity index (χ0n) is 18.8. The Labute approximate surface area is 192 Å². The second-order valence-electron chi connectivity index (χ2n) is 10.9. The minimum absolute atomic E-state index is 0.0441. The molecule has 0 aliphatic heterocycles. The number of ketones is 1. The van der Waals surface area contributed by atoms with E-state index in [0.717, 1.165) is 38.5 Å². The van der Waals surface area contributed by atoms with Gasteiger partial charge in [0.25, 0.3) is 6.47 Å². The van der Waals surface area contributed by atoms with E-state index in [-0.39, 0.29) is 35.2 Å². The molecule has 9 atom stereocenters. The standard InChI is InChI=1S/C24H35BrO6/c1-14(27)30-12-20(28)19-5-4-17-16-10-21(29)24(25)11-15(31-13-26)6-9-23(24,3)18(16)7-8-22(17,19)2/h13,15-19,21,29H,4-12H2,1-3H3. The number of rotatable bonds is 5. The van der Waals surface area contributed by atoms with Crippen LogP contribution in [-0.2, 0) is 23.9 Å². The molecule has 4 rings (SSSR count). The predicted molar refractivity (Wildman–Crippen MR) is 117 cm³/mol. The fourth-order valence-electron chi connectivity index (χ4n) is 8.19. The molecule has 0 bridgehead atoms. The molecule has 0 heterocycles. The summed E-state index contributed by atoms with van der Waals surface area (Å²) in [6.07, 6.45) is 6.26. The molecule has 1 N–H and O–H groups in total. The van der Waals surface area contributed by atoms with Crippen molar-refractivity contribution >= 4 is 34.2 Å². The lowest BCUT2D eigenvalue weighted by atomic mass is 9.44. The van der Waals surface area contributed by atoms with Crippen molar-refractivity contribution in [3.05, 3.63) is 0 Å². The highest BCUT2D eigenvalue weighted by Gasteiger charge is 2.67. The van der Waals surface area contributed by atoms with Crippen molar-refractivity contribution in [3.8, 4) is 0 Å². The van der Waals surface area contributed by atoms with E-state index < -0.39 is 16.4 Å². The quantitative estimate of drug-likeness (QED) is 0.352. The van der Waals surface area contributed by atoms with Gasteiger partial charge in [-0.15, -0.1) is 0 Å². The van der Waals surface area contributed by atoms with Gasteiger partial charge in [0, 0.05) is 19.3 Å². The maximum atomic E-state index is 12.9. The number of aliphatic hydroxyl groups excluding tert-OH is 1. The Hall–Kier alpha value is -0.950. The van der Waals surface area contributed by atoms with Gasteiger partial charge < -0.3 is 14.6 Å². The van der Waals surface area contributed by atoms with Crippen molar-refractivity contribution in [2.45, 2.75) is 88.7 Å². The number of aliphatic hydroxyl groups is 1. The Morgan fingerprint density at radius 1 is 1.13 bits per heavy atom. The van der Waals surface area contributed by atoms with E-state index in [1.807, 2.05) is 0 Å². The normalized spacial score (nSPS) is 48.7. The summed E-state index contributed by atoms with van der Waals surface area (Å²) in [5, 5.41) is 11.4. The van der Waals surface area contributed by atoms with E-state index in [9.17, 15) is 19.5 Å². The lowest BCUT2D eigenvalue weighted by molar-refractivity contribution is -0.165. The second kappa shape index (κ2) is 8.12. The molecule has 0 radical (unpaired) electrons. The van der Waals surface area contributed by atoms with Crippen LogP contribution in [0.5, 0.6) is 0 Å². The highest BCUT2D eigenvalue weighted by molar-refractivity contribution is 9.10. The maximum Gasteiger partial charge on any atom is 0.303 e. The minimum atomic E-state index is -0.519. The summed E-state index contributed by atoms with van der Waals surface area (Å²) in [7, 11) is 0. The number of alkyl halides is 1. The average molecular weight is 499 g/mol. The molecular weight excluding hydrogens is 464 g/mol. The smallest absolute Gasteiger partial charge is 0.303 e. The van der Waals surface area contributed by atoms with Gasteiger partial charge >= 0.3 is 5.97 Å². The summed E-state index contributed by atoms with van der Waals surface area (Å²) >= 11 is 3.97. The molecule has 4 fully saturated rings. The molecule has 31 heavy (non-hydrogen) atoms. The van der Waals surface area contributed by atoms with E-state index in [2.05, 4.69) is 29.8 Å². The number of ether oxygens (including phenoxy) is 2. The molecule has 0 saturated heterocycles. The van der Waals surface area contributed by atoms with Crippen molar-refractivity contribution in [3.63, 3.8) is 0 Å². The highest BCUT2D eigenvalue weighted by Crippen LogP contribution is 2.70. The number of carbonyl (C=O) groups excluding carboxylic acids is 3. The molecule has 4 aliphatic carbocycles. The van der Waals surface area contributed by atoms with Crippen LogP contribution >= 0.6 is 15.9 Å². The van der Waals surface area contributed by atoms with Gasteiger partial charge in [0.15, 0.2) is 5.78 Å². The zero-order valence-corrected chi connectivity index (χ0v) is 20.4. The van der Waals surface area contributed by atoms with Crippen LogP contribution in [0.3, 0.4) is 0 Å². The largest absolute Gasteiger partial charge is 0.465 e. The number of Topliss-reactive ketones (excluding diaryl/α,β-unsaturated/α-hetero) is 1. The molecule has 174 valence electrons. The number of carbonyl (C=O) groups is 3. The monoisotopic (exact) mass is 498 g/mol. The summed E-state index contributed by atoms with van der Waals surface area (Å²) < 4.78 is 9.87. The Morgan fingerprint density at radius 2 is 1.87 bits per heavy atom. The summed E-state index contributed by atoms with van der Waals surface area (Å²) in [6, 6.07) is 0. The molecule has 6 nitrogen and oxygen atoms in total. The van der Waals surface area contributed by atoms with Gasteiger partial charge in [0.1, 0.15) is 12.7 Å². The van der Waals surface area contributed by atoms with E-state index in [1.54, 1.807) is 0 Å². The molecule has 0 aromatic rings. The summed E-state index contributed by atoms with van der Waals surface area (Å²) in [5.41, 5.74) is -0.183. The molecule has 7 heteroatoms. The van der Waals surface area contributed by atoms with Crippen LogP contribution < -0.4 is 0 Å². The number of fused-ring (bicyclic) bond motifs is 5. The van der Waals surface area contributed by atoms with Crippen LogP contribution in [0.4, 0.5) is 0 Å². The van der Waals surface area contributed by atoms with Crippen LogP contribution in [0.2, 0.25) is 0 Å². The van der Waals surface area contributed by atoms with Crippen LogP contribution in [0.1, 0.15) is 72.1 Å². The van der Waals surface area contributed by atoms with Crippen LogP contribution in [0, 0.1) is 34.5 Å². The van der Waals surface area contributed by atoms with Gasteiger partial charge in [0.2, 0.25) is 0 Å². The summed E-state index contributed by atoms with van der Waals surface area (Å²) in [6.45, 7) is 6.29. The van der Waals surface area contributed by atoms with Crippen molar-refractivity contribution < 1.29 is 29.0 Å². The van der Waals surface area contributed by atoms with Crippen molar-refractivity contribution in [2.75, 3.05) is 6.61 Å². The molecule has 9 unspecified atom stereocenters. The first-order chi connectivity index (χ1) is 14.6. The molecular formula is C24H35BrO6. The molecule has 0 aromatic carbocycles. The van der Waals surface area contributed by atoms with Crippen molar-refractivity contribution in [2.24, 2.45) is 34.5 Å². The van der Waals surface area contributed by atoms with Gasteiger partial charge in [-0.25, -0.2) is 0 Å². The fraction of sp³-hybridized carbons (Fsp3) is 0.875. The highest BCUT2D eigenvalue weighted by atomic mass is 79.9. The van der Waals surface area contributed by atoms with Gasteiger partial charge in [0.05, 0.1) is 10.4 Å². The molecule has 0 spiro atoms. The molecule has 4 aliphatic rings. The Kier molecular flexibility index (Phi) is 6.08. The topological polar surface area (TPSA) is 89.9 Å². The van der Waals surface area contributed by atoms with Crippen LogP contribution in [0.25, 0.3) is 0 Å². The first-order valence-corrected chi connectivity index (χ1v) is 12.5. The van der Waals surface area contributed by atoms with Crippen LogP contribution in [-0.4, -0.2) is 46.5 Å². The Bertz CT molecular complexity index is 756. The van der Waals surface area contributed by atoms with Crippen molar-refractivity contribution in [1.29, 1.82) is 0 Å². The van der Waals surface area contributed by atoms with Crippen molar-refractivity contribution in [1.82, 2.24) is 0 Å². The third-order valence-electron chi connectivity index (χ3n) is 9.79. The second-order valence-corrected chi connectivity index (χ2v) is 12.3. The number of hydrogen-bond acceptors (Lipinski definition) is 6. The van der Waals surface area contributed by atoms with Gasteiger partial charge in [-0.05, 0) is 73.5 Å². The first-order valence-electron chi connectivity index (χ1n) is 11.7. The number of hydrogen-bond donors (Lipinski definition) is 1. The SMILES string of the molecule is CC(=O)OCC(=O)C1CCC2C3CC(O)C4(Br)CC(OC=O)CCC4(C)C3CCC12C. The number of esters is 1. The van der Waals surface area contributed by atoms with E-state index in [0.29, 0.717) is 37.1 Å². The maximum absolute atomic E-state index is 12.9. The third-order valence-corrected chi connectivity index (χ3v) is 11.6. The zero-order chi connectivity index (χ0) is 22.6. The average Bonchev–Trinajstić information content (AvgIpc) is 3.06. The fourth-order valence-corrected chi connectivity index (χ4v) is 9.23. The minimum Gasteiger partial charge on any atom is -0.465 e. The summed E-state index contributed by atoms with van der Waals surface area (Å²) in [4.78, 5) is 35.0. The van der Waals surface area contributed by atoms with Gasteiger partial charge in [-0.2, -0.15) is 0 Å². The van der Waals surface area contributed by atoms with Gasteiger partial charge in [-0.3, -0.25) is 14.4 Å². The third kappa shape index (κ3) is 3.49. The lowest BCUT2D eigenvalue weighted by Gasteiger charge is -2.65. The Balaban J connectivity index is 1.57. The summed E-state index contributed by atoms with van der Waals surface area (Å²) in [5.74, 6) is 0.790. The van der Waals surface area contributed by atoms with Gasteiger partial charge in [-0.1, -0.05) is 29.8 Å². The predicted octanol–water partition coefficient (Wildman–Crippen LogP) is 3.81. The van der Waals surface area contributed by atoms with E-state index in [1.165, 1.54) is 6.92 Å². The molecule has 0 aromatic heterocycles. The molecule has 4 saturated carbocycles. The Morgan fingerprint density at radius 3 is 2.55 bits per heavy atom. The molecule has 0 amide bonds. The first kappa shape index (κ1) is 23.2. The number of halogens is 1.